The van der Waals surface area contributed by atoms with Crippen molar-refractivity contribution in [3.63, 3.8) is 0 Å². The summed E-state index contributed by atoms with van der Waals surface area (Å²) in [7, 11) is 0. The van der Waals surface area contributed by atoms with Crippen molar-refractivity contribution < 1.29 is 19.1 Å². The monoisotopic (exact) mass is 562 g/mol. The number of hydrogen-bond donors (Lipinski definition) is 2. The molecule has 8 heteroatoms. The van der Waals surface area contributed by atoms with Gasteiger partial charge in [0.2, 0.25) is 5.78 Å². The molecule has 0 fully saturated rings. The summed E-state index contributed by atoms with van der Waals surface area (Å²) in [6, 6.07) is 15.5. The number of nitrogens with one attached hydrogen (secondary N) is 2. The molecule has 0 saturated heterocycles. The number of alkyl halides is 1. The van der Waals surface area contributed by atoms with E-state index in [9.17, 15) is 9.59 Å². The fourth-order valence-electron chi connectivity index (χ4n) is 3.13. The highest BCUT2D eigenvalue weighted by molar-refractivity contribution is 6.40. The van der Waals surface area contributed by atoms with Crippen LogP contribution in [0.5, 0.6) is 0 Å². The van der Waals surface area contributed by atoms with Crippen LogP contribution in [0.15, 0.2) is 78.1 Å². The summed E-state index contributed by atoms with van der Waals surface area (Å²) in [6.45, 7) is 13.4. The van der Waals surface area contributed by atoms with Crippen LogP contribution >= 0.6 is 23.2 Å². The molecular weight excluding hydrogens is 523 g/mol. The van der Waals surface area contributed by atoms with Crippen molar-refractivity contribution in [3.05, 3.63) is 88.7 Å². The molecule has 1 aliphatic rings. The Balaban J connectivity index is 0.000000504. The number of para-hydroxylation sites is 1. The SMILES string of the molecule is CC1=CC(Cl)(C(=O)Nc2ccccc2)C=C(C(=O)c2ccc(Cl)cc2)N1.CCCC.CCOC(C)OCC. The number of unbranched alkanes of at least 4 members (excludes halogenated alkanes) is 1. The highest BCUT2D eigenvalue weighted by Gasteiger charge is 2.36. The average molecular weight is 564 g/mol. The maximum absolute atomic E-state index is 12.7. The van der Waals surface area contributed by atoms with Gasteiger partial charge in [-0.3, -0.25) is 9.59 Å². The highest BCUT2D eigenvalue weighted by atomic mass is 35.5. The number of halogens is 2. The molecule has 2 aromatic rings. The first-order valence-corrected chi connectivity index (χ1v) is 13.6. The predicted octanol–water partition coefficient (Wildman–Crippen LogP) is 7.74. The fourth-order valence-corrected chi connectivity index (χ4v) is 3.57. The van der Waals surface area contributed by atoms with Crippen LogP contribution in [0.3, 0.4) is 0 Å². The van der Waals surface area contributed by atoms with E-state index in [1.54, 1.807) is 49.4 Å². The minimum Gasteiger partial charge on any atom is -0.356 e. The minimum atomic E-state index is -1.47. The zero-order chi connectivity index (χ0) is 28.6. The molecule has 2 N–H and O–H groups in total. The van der Waals surface area contributed by atoms with E-state index in [1.807, 2.05) is 39.0 Å². The maximum atomic E-state index is 12.7. The Morgan fingerprint density at radius 2 is 1.47 bits per heavy atom. The van der Waals surface area contributed by atoms with Crippen molar-refractivity contribution in [1.82, 2.24) is 5.32 Å². The van der Waals surface area contributed by atoms with Crippen LogP contribution in [0.2, 0.25) is 5.02 Å². The molecule has 38 heavy (non-hydrogen) atoms. The largest absolute Gasteiger partial charge is 0.356 e. The van der Waals surface area contributed by atoms with E-state index < -0.39 is 10.8 Å². The van der Waals surface area contributed by atoms with Crippen LogP contribution in [-0.2, 0) is 14.3 Å². The van der Waals surface area contributed by atoms with Gasteiger partial charge in [0.05, 0.1) is 5.70 Å². The normalized spacial score (nSPS) is 16.0. The molecule has 3 rings (SSSR count). The summed E-state index contributed by atoms with van der Waals surface area (Å²) in [4.78, 5) is 24.0. The summed E-state index contributed by atoms with van der Waals surface area (Å²) in [5.41, 5.74) is 1.93. The number of benzene rings is 2. The maximum Gasteiger partial charge on any atom is 0.253 e. The number of Topliss-reactive ketones (excluding diaryl/α,β-unsaturated/α-hetero) is 1. The second-order valence-electron chi connectivity index (χ2n) is 8.41. The second kappa shape index (κ2) is 17.8. The Morgan fingerprint density at radius 3 is 1.97 bits per heavy atom. The van der Waals surface area contributed by atoms with Gasteiger partial charge in [0.25, 0.3) is 5.91 Å². The van der Waals surface area contributed by atoms with Crippen LogP contribution in [0.4, 0.5) is 5.69 Å². The van der Waals surface area contributed by atoms with Crippen LogP contribution in [-0.4, -0.2) is 36.1 Å². The lowest BCUT2D eigenvalue weighted by molar-refractivity contribution is -0.123. The number of rotatable bonds is 9. The summed E-state index contributed by atoms with van der Waals surface area (Å²) in [5, 5.41) is 6.28. The van der Waals surface area contributed by atoms with Crippen molar-refractivity contribution in [1.29, 1.82) is 0 Å². The predicted molar refractivity (Wildman–Crippen MR) is 158 cm³/mol. The molecule has 1 unspecified atom stereocenters. The van der Waals surface area contributed by atoms with Crippen molar-refractivity contribution in [3.8, 4) is 0 Å². The van der Waals surface area contributed by atoms with Crippen molar-refractivity contribution >= 4 is 40.6 Å². The number of carbonyl (C=O) groups excluding carboxylic acids is 2. The van der Waals surface area contributed by atoms with E-state index in [1.165, 1.54) is 18.9 Å². The molecule has 0 saturated carbocycles. The van der Waals surface area contributed by atoms with Gasteiger partial charge in [-0.25, -0.2) is 0 Å². The average Bonchev–Trinajstić information content (AvgIpc) is 2.89. The summed E-state index contributed by atoms with van der Waals surface area (Å²) in [5.74, 6) is -0.709. The van der Waals surface area contributed by atoms with Crippen LogP contribution in [0.25, 0.3) is 0 Å². The van der Waals surface area contributed by atoms with Crippen molar-refractivity contribution in [2.45, 2.75) is 65.5 Å². The number of carbonyl (C=O) groups is 2. The number of dihydropyridines is 1. The fraction of sp³-hybridized carbons (Fsp3) is 0.400. The van der Waals surface area contributed by atoms with Gasteiger partial charge >= 0.3 is 0 Å². The van der Waals surface area contributed by atoms with Gasteiger partial charge in [0, 0.05) is 35.2 Å². The number of anilines is 1. The lowest BCUT2D eigenvalue weighted by atomic mass is 9.97. The van der Waals surface area contributed by atoms with Crippen LogP contribution in [0, 0.1) is 0 Å². The zero-order valence-corrected chi connectivity index (χ0v) is 24.7. The smallest absolute Gasteiger partial charge is 0.253 e. The van der Waals surface area contributed by atoms with Gasteiger partial charge in [0.1, 0.15) is 0 Å². The first kappa shape index (κ1) is 33.4. The number of amides is 1. The summed E-state index contributed by atoms with van der Waals surface area (Å²) < 4.78 is 10.1. The molecule has 1 aliphatic heterocycles. The van der Waals surface area contributed by atoms with E-state index in [2.05, 4.69) is 24.5 Å². The van der Waals surface area contributed by atoms with Gasteiger partial charge in [0.15, 0.2) is 11.2 Å². The summed E-state index contributed by atoms with van der Waals surface area (Å²) in [6.07, 6.45) is 5.60. The number of ketones is 1. The Hall–Kier alpha value is -2.64. The van der Waals surface area contributed by atoms with E-state index >= 15 is 0 Å². The Labute approximate surface area is 237 Å². The molecule has 208 valence electrons. The third-order valence-corrected chi connectivity index (χ3v) is 5.79. The minimum absolute atomic E-state index is 0.0370. The topological polar surface area (TPSA) is 76.7 Å². The molecular formula is C30H40Cl2N2O4. The standard InChI is InChI=1S/C20H16Cl2N2O2.C6H14O2.C4H10/c1-13-11-20(22,19(26)24-16-5-3-2-4-6-16)12-17(23-13)18(25)14-7-9-15(21)10-8-14;1-4-7-6(3)8-5-2;1-3-4-2/h2-12,23H,1H3,(H,24,26);6H,4-5H2,1-3H3;3-4H2,1-2H3. The van der Waals surface area contributed by atoms with E-state index in [4.69, 9.17) is 32.7 Å². The zero-order valence-electron chi connectivity index (χ0n) is 23.1. The molecule has 2 aromatic carbocycles. The molecule has 0 radical (unpaired) electrons. The quantitative estimate of drug-likeness (QED) is 0.185. The number of ether oxygens (including phenoxy) is 2. The van der Waals surface area contributed by atoms with Crippen molar-refractivity contribution in [2.24, 2.45) is 0 Å². The first-order chi connectivity index (χ1) is 18.1. The summed E-state index contributed by atoms with van der Waals surface area (Å²) >= 11 is 12.4. The number of allylic oxidation sites excluding steroid dienone is 2. The van der Waals surface area contributed by atoms with Gasteiger partial charge < -0.3 is 20.1 Å². The molecule has 1 atom stereocenters. The van der Waals surface area contributed by atoms with Gasteiger partial charge in [-0.05, 0) is 76.2 Å². The molecule has 1 heterocycles. The van der Waals surface area contributed by atoms with E-state index in [0.29, 0.717) is 22.0 Å². The molecule has 1 amide bonds. The van der Waals surface area contributed by atoms with Gasteiger partial charge in [-0.1, -0.05) is 68.1 Å². The lowest BCUT2D eigenvalue weighted by Crippen LogP contribution is -2.40. The third-order valence-electron chi connectivity index (χ3n) is 5.15. The van der Waals surface area contributed by atoms with Crippen LogP contribution < -0.4 is 10.6 Å². The highest BCUT2D eigenvalue weighted by Crippen LogP contribution is 2.29. The lowest BCUT2D eigenvalue weighted by Gasteiger charge is -2.26. The molecule has 0 bridgehead atoms. The first-order valence-electron chi connectivity index (χ1n) is 12.9. The Bertz CT molecular complexity index is 1050. The molecule has 6 nitrogen and oxygen atoms in total. The number of hydrogen-bond acceptors (Lipinski definition) is 5. The Morgan fingerprint density at radius 1 is 0.921 bits per heavy atom. The van der Waals surface area contributed by atoms with E-state index in [0.717, 1.165) is 13.2 Å². The van der Waals surface area contributed by atoms with Gasteiger partial charge in [-0.15, -0.1) is 0 Å². The molecule has 0 aliphatic carbocycles. The molecule has 0 spiro atoms. The van der Waals surface area contributed by atoms with E-state index in [-0.39, 0.29) is 17.8 Å². The second-order valence-corrected chi connectivity index (χ2v) is 9.47. The van der Waals surface area contributed by atoms with Crippen molar-refractivity contribution in [2.75, 3.05) is 18.5 Å². The third kappa shape index (κ3) is 11.8. The Kier molecular flexibility index (Phi) is 15.6. The van der Waals surface area contributed by atoms with Gasteiger partial charge in [-0.2, -0.15) is 0 Å². The molecule has 0 aromatic heterocycles. The van der Waals surface area contributed by atoms with Crippen LogP contribution in [0.1, 0.15) is 64.7 Å².